The second-order valence-electron chi connectivity index (χ2n) is 4.62. The molecule has 0 bridgehead atoms. The van der Waals surface area contributed by atoms with E-state index in [0.29, 0.717) is 10.8 Å². The number of thiocarbonyl (C=S) groups is 1. The van der Waals surface area contributed by atoms with Gasteiger partial charge in [0.2, 0.25) is 0 Å². The highest BCUT2D eigenvalue weighted by Crippen LogP contribution is 2.12. The molecule has 1 aliphatic rings. The lowest BCUT2D eigenvalue weighted by atomic mass is 10.2. The van der Waals surface area contributed by atoms with Gasteiger partial charge in [0.05, 0.1) is 25.0 Å². The molecule has 0 aromatic carbocycles. The summed E-state index contributed by atoms with van der Waals surface area (Å²) in [6.07, 6.45) is 1.59. The maximum absolute atomic E-state index is 5.67. The van der Waals surface area contributed by atoms with Gasteiger partial charge in [-0.1, -0.05) is 12.2 Å². The number of rotatable bonds is 5. The molecule has 0 aliphatic carbocycles. The average Bonchev–Trinajstić information content (AvgIpc) is 2.40. The number of nitrogens with zero attached hydrogens (tertiary/aromatic N) is 3. The molecule has 1 aliphatic heterocycles. The van der Waals surface area contributed by atoms with Crippen molar-refractivity contribution in [3.63, 3.8) is 0 Å². The van der Waals surface area contributed by atoms with Crippen LogP contribution in [0.1, 0.15) is 12.5 Å². The Morgan fingerprint density at radius 3 is 3.00 bits per heavy atom. The molecule has 2 heterocycles. The summed E-state index contributed by atoms with van der Waals surface area (Å²) >= 11 is 5.01. The molecule has 0 radical (unpaired) electrons. The highest BCUT2D eigenvalue weighted by atomic mass is 32.1. The Morgan fingerprint density at radius 1 is 1.58 bits per heavy atom. The highest BCUT2D eigenvalue weighted by molar-refractivity contribution is 7.80. The van der Waals surface area contributed by atoms with Gasteiger partial charge in [-0.3, -0.25) is 4.90 Å². The fourth-order valence-electron chi connectivity index (χ4n) is 2.09. The lowest BCUT2D eigenvalue weighted by Gasteiger charge is -2.29. The van der Waals surface area contributed by atoms with Crippen LogP contribution in [0.2, 0.25) is 0 Å². The molecular weight excluding hydrogens is 262 g/mol. The van der Waals surface area contributed by atoms with Crippen LogP contribution >= 0.6 is 12.2 Å². The lowest BCUT2D eigenvalue weighted by Crippen LogP contribution is -2.42. The maximum Gasteiger partial charge on any atom is 0.159 e. The normalized spacial score (nSPS) is 17.9. The van der Waals surface area contributed by atoms with Gasteiger partial charge in [-0.15, -0.1) is 5.10 Å². The van der Waals surface area contributed by atoms with Crippen molar-refractivity contribution in [2.24, 2.45) is 5.73 Å². The molecule has 1 unspecified atom stereocenters. The van der Waals surface area contributed by atoms with Gasteiger partial charge in [0.1, 0.15) is 4.99 Å². The quantitative estimate of drug-likeness (QED) is 0.749. The smallest absolute Gasteiger partial charge is 0.159 e. The van der Waals surface area contributed by atoms with Crippen molar-refractivity contribution in [2.45, 2.75) is 13.0 Å². The lowest BCUT2D eigenvalue weighted by molar-refractivity contribution is 0.0368. The molecule has 1 atom stereocenters. The van der Waals surface area contributed by atoms with Crippen molar-refractivity contribution in [1.29, 1.82) is 0 Å². The minimum atomic E-state index is 0.239. The van der Waals surface area contributed by atoms with E-state index in [1.165, 1.54) is 0 Å². The number of hydrogen-bond acceptors (Lipinski definition) is 6. The predicted octanol–water partition coefficient (Wildman–Crippen LogP) is 0.243. The monoisotopic (exact) mass is 281 g/mol. The Morgan fingerprint density at radius 2 is 2.32 bits per heavy atom. The molecule has 1 fully saturated rings. The van der Waals surface area contributed by atoms with Crippen LogP contribution in [0.25, 0.3) is 0 Å². The van der Waals surface area contributed by atoms with Crippen molar-refractivity contribution in [3.05, 3.63) is 17.8 Å². The van der Waals surface area contributed by atoms with Crippen molar-refractivity contribution >= 4 is 23.0 Å². The zero-order chi connectivity index (χ0) is 13.7. The number of anilines is 1. The number of hydrogen-bond donors (Lipinski definition) is 2. The number of nitrogens with one attached hydrogen (secondary N) is 1. The first-order valence-electron chi connectivity index (χ1n) is 6.35. The van der Waals surface area contributed by atoms with Crippen LogP contribution in [-0.2, 0) is 4.74 Å². The Kier molecular flexibility index (Phi) is 5.00. The van der Waals surface area contributed by atoms with Crippen molar-refractivity contribution in [3.8, 4) is 0 Å². The van der Waals surface area contributed by atoms with E-state index in [-0.39, 0.29) is 6.04 Å². The van der Waals surface area contributed by atoms with Crippen LogP contribution in [0.3, 0.4) is 0 Å². The van der Waals surface area contributed by atoms with Gasteiger partial charge in [-0.25, -0.2) is 0 Å². The molecule has 0 saturated carbocycles. The van der Waals surface area contributed by atoms with Gasteiger partial charge >= 0.3 is 0 Å². The van der Waals surface area contributed by atoms with E-state index >= 15 is 0 Å². The molecule has 3 N–H and O–H groups in total. The molecule has 1 saturated heterocycles. The Labute approximate surface area is 118 Å². The zero-order valence-corrected chi connectivity index (χ0v) is 11.8. The van der Waals surface area contributed by atoms with Crippen LogP contribution in [0.5, 0.6) is 0 Å². The van der Waals surface area contributed by atoms with E-state index in [9.17, 15) is 0 Å². The van der Waals surface area contributed by atoms with Crippen LogP contribution in [-0.4, -0.2) is 59.0 Å². The topological polar surface area (TPSA) is 76.3 Å². The van der Waals surface area contributed by atoms with Crippen molar-refractivity contribution < 1.29 is 4.74 Å². The number of ether oxygens (including phenoxy) is 1. The van der Waals surface area contributed by atoms with Crippen LogP contribution in [0.15, 0.2) is 12.3 Å². The Bertz CT molecular complexity index is 436. The van der Waals surface area contributed by atoms with Crippen LogP contribution in [0, 0.1) is 0 Å². The molecular formula is C12H19N5OS. The van der Waals surface area contributed by atoms with E-state index in [2.05, 4.69) is 27.3 Å². The summed E-state index contributed by atoms with van der Waals surface area (Å²) < 4.78 is 5.33. The standard InChI is InChI=1S/C12H19N5OS/c1-9(8-17-4-6-18-7-5-17)15-12-10(11(13)19)2-3-14-16-12/h2-3,9H,4-8H2,1H3,(H2,13,19)(H,15,16). The Hall–Kier alpha value is -1.31. The number of morpholine rings is 1. The molecule has 19 heavy (non-hydrogen) atoms. The van der Waals surface area contributed by atoms with Gasteiger partial charge in [-0.05, 0) is 13.0 Å². The van der Waals surface area contributed by atoms with E-state index in [1.807, 2.05) is 0 Å². The van der Waals surface area contributed by atoms with E-state index < -0.39 is 0 Å². The van der Waals surface area contributed by atoms with Gasteiger partial charge < -0.3 is 15.8 Å². The third kappa shape index (κ3) is 4.09. The van der Waals surface area contributed by atoms with E-state index in [4.69, 9.17) is 22.7 Å². The number of aromatic nitrogens is 2. The van der Waals surface area contributed by atoms with Crippen LogP contribution in [0.4, 0.5) is 5.82 Å². The Balaban J connectivity index is 1.94. The van der Waals surface area contributed by atoms with Gasteiger partial charge in [0, 0.05) is 25.7 Å². The first-order chi connectivity index (χ1) is 9.16. The van der Waals surface area contributed by atoms with Crippen molar-refractivity contribution in [2.75, 3.05) is 38.2 Å². The average molecular weight is 281 g/mol. The molecule has 0 spiro atoms. The predicted molar refractivity (Wildman–Crippen MR) is 78.3 cm³/mol. The summed E-state index contributed by atoms with van der Waals surface area (Å²) in [5, 5.41) is 11.2. The molecule has 104 valence electrons. The SMILES string of the molecule is CC(CN1CCOCC1)Nc1nnccc1C(N)=S. The molecule has 7 heteroatoms. The van der Waals surface area contributed by atoms with E-state index in [1.54, 1.807) is 12.3 Å². The van der Waals surface area contributed by atoms with Gasteiger partial charge in [0.15, 0.2) is 5.82 Å². The summed E-state index contributed by atoms with van der Waals surface area (Å²) in [7, 11) is 0. The summed E-state index contributed by atoms with van der Waals surface area (Å²) in [5.74, 6) is 0.649. The molecule has 2 rings (SSSR count). The third-order valence-corrected chi connectivity index (χ3v) is 3.22. The third-order valence-electron chi connectivity index (χ3n) is 3.01. The minimum Gasteiger partial charge on any atom is -0.389 e. The summed E-state index contributed by atoms with van der Waals surface area (Å²) in [6.45, 7) is 6.57. The highest BCUT2D eigenvalue weighted by Gasteiger charge is 2.15. The molecule has 1 aromatic rings. The largest absolute Gasteiger partial charge is 0.389 e. The first kappa shape index (κ1) is 14.1. The maximum atomic E-state index is 5.67. The second kappa shape index (κ2) is 6.74. The van der Waals surface area contributed by atoms with Gasteiger partial charge in [-0.2, -0.15) is 5.10 Å². The number of nitrogens with two attached hydrogens (primary N) is 1. The van der Waals surface area contributed by atoms with Crippen LogP contribution < -0.4 is 11.1 Å². The van der Waals surface area contributed by atoms with Crippen molar-refractivity contribution in [1.82, 2.24) is 15.1 Å². The fourth-order valence-corrected chi connectivity index (χ4v) is 2.25. The summed E-state index contributed by atoms with van der Waals surface area (Å²) in [6, 6.07) is 2.02. The van der Waals surface area contributed by atoms with E-state index in [0.717, 1.165) is 38.4 Å². The summed E-state index contributed by atoms with van der Waals surface area (Å²) in [5.41, 5.74) is 6.41. The summed E-state index contributed by atoms with van der Waals surface area (Å²) in [4.78, 5) is 2.69. The second-order valence-corrected chi connectivity index (χ2v) is 5.06. The van der Waals surface area contributed by atoms with Gasteiger partial charge in [0.25, 0.3) is 0 Å². The first-order valence-corrected chi connectivity index (χ1v) is 6.76. The molecule has 1 aromatic heterocycles. The molecule has 6 nitrogen and oxygen atoms in total. The fraction of sp³-hybridized carbons (Fsp3) is 0.583. The molecule has 0 amide bonds. The zero-order valence-electron chi connectivity index (χ0n) is 11.0. The minimum absolute atomic E-state index is 0.239.